The Morgan fingerprint density at radius 1 is 1.13 bits per heavy atom. The number of rotatable bonds is 6. The van der Waals surface area contributed by atoms with E-state index in [9.17, 15) is 18.4 Å². The summed E-state index contributed by atoms with van der Waals surface area (Å²) in [6.07, 6.45) is 6.07. The average Bonchev–Trinajstić information content (AvgIpc) is 3.14. The van der Waals surface area contributed by atoms with E-state index in [1.165, 1.54) is 12.1 Å². The third kappa shape index (κ3) is 6.85. The van der Waals surface area contributed by atoms with E-state index >= 15 is 0 Å². The number of aryl methyl sites for hydroxylation is 1. The highest BCUT2D eigenvalue weighted by molar-refractivity contribution is 5.85. The Labute approximate surface area is 180 Å². The summed E-state index contributed by atoms with van der Waals surface area (Å²) < 4.78 is 28.4. The van der Waals surface area contributed by atoms with Crippen LogP contribution in [-0.4, -0.2) is 46.1 Å². The largest absolute Gasteiger partial charge is 0.352 e. The highest BCUT2D eigenvalue weighted by Crippen LogP contribution is 2.19. The van der Waals surface area contributed by atoms with Gasteiger partial charge in [-0.1, -0.05) is 6.42 Å². The maximum atomic E-state index is 13.3. The van der Waals surface area contributed by atoms with E-state index < -0.39 is 17.6 Å². The van der Waals surface area contributed by atoms with Gasteiger partial charge in [-0.3, -0.25) is 14.3 Å². The highest BCUT2D eigenvalue weighted by atomic mass is 19.1. The molecule has 1 saturated heterocycles. The lowest BCUT2D eigenvalue weighted by Gasteiger charge is -2.24. The summed E-state index contributed by atoms with van der Waals surface area (Å²) in [6, 6.07) is 3.27. The molecule has 31 heavy (non-hydrogen) atoms. The predicted octanol–water partition coefficient (Wildman–Crippen LogP) is 2.12. The van der Waals surface area contributed by atoms with Crippen LogP contribution in [0.1, 0.15) is 36.8 Å². The van der Waals surface area contributed by atoms with Crippen molar-refractivity contribution in [1.29, 1.82) is 0 Å². The summed E-state index contributed by atoms with van der Waals surface area (Å²) in [5, 5.41) is 10.4. The Bertz CT molecular complexity index is 897. The van der Waals surface area contributed by atoms with Crippen molar-refractivity contribution >= 4 is 11.8 Å². The molecule has 168 valence electrons. The Morgan fingerprint density at radius 2 is 1.87 bits per heavy atom. The van der Waals surface area contributed by atoms with Crippen LogP contribution >= 0.6 is 0 Å². The molecular formula is C22H29F2N5O2. The molecule has 2 unspecified atom stereocenters. The fourth-order valence-electron chi connectivity index (χ4n) is 3.87. The van der Waals surface area contributed by atoms with Crippen molar-refractivity contribution in [3.05, 3.63) is 53.4 Å². The predicted molar refractivity (Wildman–Crippen MR) is 112 cm³/mol. The van der Waals surface area contributed by atoms with Crippen molar-refractivity contribution in [3.8, 4) is 0 Å². The molecule has 2 aromatic rings. The van der Waals surface area contributed by atoms with Crippen LogP contribution in [-0.2, 0) is 29.7 Å². The minimum atomic E-state index is -0.687. The molecule has 0 radical (unpaired) electrons. The number of amides is 2. The number of aromatic nitrogens is 2. The standard InChI is InChI=1S/C22H29F2N5O2/c1-28-14-20(25-11-16-12-27-29(2)13-16)5-3-4-17(8-21(28)30)22(31)26-10-15-6-18(23)9-19(24)7-15/h6-7,9,12-13,17,20,25H,3-5,8,10-11,14H2,1-2H3,(H,26,31). The zero-order chi connectivity index (χ0) is 22.4. The molecule has 9 heteroatoms. The highest BCUT2D eigenvalue weighted by Gasteiger charge is 2.27. The quantitative estimate of drug-likeness (QED) is 0.732. The van der Waals surface area contributed by atoms with Crippen LogP contribution in [0.15, 0.2) is 30.6 Å². The molecule has 0 saturated carbocycles. The molecule has 1 fully saturated rings. The molecular weight excluding hydrogens is 404 g/mol. The number of hydrogen-bond donors (Lipinski definition) is 2. The topological polar surface area (TPSA) is 79.3 Å². The molecule has 7 nitrogen and oxygen atoms in total. The van der Waals surface area contributed by atoms with E-state index in [1.807, 2.05) is 19.4 Å². The molecule has 2 amide bonds. The van der Waals surface area contributed by atoms with Gasteiger partial charge in [0.1, 0.15) is 11.6 Å². The van der Waals surface area contributed by atoms with Crippen molar-refractivity contribution in [2.45, 2.75) is 44.8 Å². The molecule has 2 N–H and O–H groups in total. The average molecular weight is 434 g/mol. The van der Waals surface area contributed by atoms with E-state index in [1.54, 1.807) is 16.6 Å². The fourth-order valence-corrected chi connectivity index (χ4v) is 3.87. The van der Waals surface area contributed by atoms with Gasteiger partial charge in [0.05, 0.1) is 6.20 Å². The van der Waals surface area contributed by atoms with Crippen LogP contribution in [0, 0.1) is 17.6 Å². The Kier molecular flexibility index (Phi) is 7.73. The van der Waals surface area contributed by atoms with Crippen LogP contribution in [0.2, 0.25) is 0 Å². The first-order valence-electron chi connectivity index (χ1n) is 10.5. The molecule has 2 atom stereocenters. The lowest BCUT2D eigenvalue weighted by Crippen LogP contribution is -2.41. The number of hydrogen-bond acceptors (Lipinski definition) is 4. The summed E-state index contributed by atoms with van der Waals surface area (Å²) in [6.45, 7) is 1.24. The minimum Gasteiger partial charge on any atom is -0.352 e. The van der Waals surface area contributed by atoms with Gasteiger partial charge in [0, 0.05) is 69.9 Å². The monoisotopic (exact) mass is 433 g/mol. The summed E-state index contributed by atoms with van der Waals surface area (Å²) in [5.41, 5.74) is 1.42. The zero-order valence-corrected chi connectivity index (χ0v) is 17.9. The Morgan fingerprint density at radius 3 is 2.55 bits per heavy atom. The number of likely N-dealkylation sites (N-methyl/N-ethyl adjacent to an activating group) is 1. The first-order valence-corrected chi connectivity index (χ1v) is 10.5. The minimum absolute atomic E-state index is 0.0172. The van der Waals surface area contributed by atoms with E-state index in [0.717, 1.165) is 24.5 Å². The second-order valence-corrected chi connectivity index (χ2v) is 8.20. The summed E-state index contributed by atoms with van der Waals surface area (Å²) in [5.74, 6) is -2.20. The normalized spacial score (nSPS) is 20.1. The van der Waals surface area contributed by atoms with Crippen molar-refractivity contribution in [2.24, 2.45) is 13.0 Å². The molecule has 0 aliphatic carbocycles. The van der Waals surface area contributed by atoms with E-state index in [2.05, 4.69) is 15.7 Å². The van der Waals surface area contributed by atoms with Crippen molar-refractivity contribution in [2.75, 3.05) is 13.6 Å². The van der Waals surface area contributed by atoms with Gasteiger partial charge in [-0.15, -0.1) is 0 Å². The van der Waals surface area contributed by atoms with Gasteiger partial charge in [-0.25, -0.2) is 8.78 Å². The second-order valence-electron chi connectivity index (χ2n) is 8.20. The molecule has 1 aliphatic heterocycles. The summed E-state index contributed by atoms with van der Waals surface area (Å²) >= 11 is 0. The second kappa shape index (κ2) is 10.5. The van der Waals surface area contributed by atoms with Crippen LogP contribution in [0.25, 0.3) is 0 Å². The van der Waals surface area contributed by atoms with E-state index in [-0.39, 0.29) is 30.8 Å². The summed E-state index contributed by atoms with van der Waals surface area (Å²) in [7, 11) is 3.61. The van der Waals surface area contributed by atoms with Crippen LogP contribution in [0.3, 0.4) is 0 Å². The van der Waals surface area contributed by atoms with Crippen LogP contribution in [0.5, 0.6) is 0 Å². The van der Waals surface area contributed by atoms with Crippen molar-refractivity contribution in [3.63, 3.8) is 0 Å². The summed E-state index contributed by atoms with van der Waals surface area (Å²) in [4.78, 5) is 27.0. The molecule has 0 bridgehead atoms. The Hall–Kier alpha value is -2.81. The number of nitrogens with one attached hydrogen (secondary N) is 2. The molecule has 1 aromatic carbocycles. The third-order valence-electron chi connectivity index (χ3n) is 5.56. The molecule has 2 heterocycles. The molecule has 1 aromatic heterocycles. The van der Waals surface area contributed by atoms with Crippen molar-refractivity contribution in [1.82, 2.24) is 25.3 Å². The number of nitrogens with zero attached hydrogens (tertiary/aromatic N) is 3. The Balaban J connectivity index is 1.55. The molecule has 1 aliphatic rings. The van der Waals surface area contributed by atoms with Gasteiger partial charge >= 0.3 is 0 Å². The van der Waals surface area contributed by atoms with Gasteiger partial charge in [-0.2, -0.15) is 5.10 Å². The molecule has 0 spiro atoms. The number of carbonyl (C=O) groups is 2. The van der Waals surface area contributed by atoms with Gasteiger partial charge in [-0.05, 0) is 30.5 Å². The fraction of sp³-hybridized carbons (Fsp3) is 0.500. The molecule has 3 rings (SSSR count). The van der Waals surface area contributed by atoms with E-state index in [0.29, 0.717) is 25.1 Å². The zero-order valence-electron chi connectivity index (χ0n) is 17.9. The van der Waals surface area contributed by atoms with E-state index in [4.69, 9.17) is 0 Å². The number of halogens is 2. The smallest absolute Gasteiger partial charge is 0.223 e. The maximum absolute atomic E-state index is 13.3. The number of carbonyl (C=O) groups excluding carboxylic acids is 2. The maximum Gasteiger partial charge on any atom is 0.223 e. The van der Waals surface area contributed by atoms with Gasteiger partial charge in [0.15, 0.2) is 0 Å². The van der Waals surface area contributed by atoms with Gasteiger partial charge in [0.25, 0.3) is 0 Å². The lowest BCUT2D eigenvalue weighted by atomic mass is 9.96. The first-order chi connectivity index (χ1) is 14.8. The van der Waals surface area contributed by atoms with Crippen LogP contribution < -0.4 is 10.6 Å². The van der Waals surface area contributed by atoms with Gasteiger partial charge < -0.3 is 15.5 Å². The van der Waals surface area contributed by atoms with Gasteiger partial charge in [0.2, 0.25) is 11.8 Å². The SMILES string of the molecule is CN1CC(NCc2cnn(C)c2)CCCC(C(=O)NCc2cc(F)cc(F)c2)CC1=O. The first kappa shape index (κ1) is 22.9. The van der Waals surface area contributed by atoms with Crippen LogP contribution in [0.4, 0.5) is 8.78 Å². The van der Waals surface area contributed by atoms with Crippen molar-refractivity contribution < 1.29 is 18.4 Å². The number of benzene rings is 1. The third-order valence-corrected chi connectivity index (χ3v) is 5.56. The lowest BCUT2D eigenvalue weighted by molar-refractivity contribution is -0.135.